The molecular weight excluding hydrogens is 322 g/mol. The molecule has 0 aliphatic carbocycles. The first kappa shape index (κ1) is 18.3. The van der Waals surface area contributed by atoms with Crippen molar-refractivity contribution in [3.05, 3.63) is 53.1 Å². The number of anilines is 1. The lowest BCUT2D eigenvalue weighted by molar-refractivity contribution is -0.119. The summed E-state index contributed by atoms with van der Waals surface area (Å²) in [4.78, 5) is 24.2. The summed E-state index contributed by atoms with van der Waals surface area (Å²) in [6.45, 7) is 3.49. The van der Waals surface area contributed by atoms with Gasteiger partial charge < -0.3 is 19.5 Å². The van der Waals surface area contributed by atoms with Crippen LogP contribution in [0.3, 0.4) is 0 Å². The van der Waals surface area contributed by atoms with Crippen molar-refractivity contribution in [2.75, 3.05) is 26.1 Å². The molecule has 0 radical (unpaired) electrons. The van der Waals surface area contributed by atoms with E-state index in [1.807, 2.05) is 26.0 Å². The van der Waals surface area contributed by atoms with Crippen LogP contribution in [0.4, 0.5) is 5.69 Å². The summed E-state index contributed by atoms with van der Waals surface area (Å²) in [6, 6.07) is 10.3. The molecule has 6 nitrogen and oxygen atoms in total. The van der Waals surface area contributed by atoms with Gasteiger partial charge in [0, 0.05) is 11.8 Å². The number of methoxy groups -OCH3 is 2. The van der Waals surface area contributed by atoms with Crippen molar-refractivity contribution in [1.82, 2.24) is 0 Å². The molecule has 0 spiro atoms. The standard InChI is InChI=1S/C19H21NO5/c1-12-6-5-7-17(13(12)2)20-18(21)11-25-19(22)14-8-15(23-3)10-16(9-14)24-4/h5-10H,11H2,1-4H3,(H,20,21). The van der Waals surface area contributed by atoms with Gasteiger partial charge in [0.2, 0.25) is 0 Å². The molecule has 0 unspecified atom stereocenters. The maximum absolute atomic E-state index is 12.1. The van der Waals surface area contributed by atoms with Crippen LogP contribution in [0.1, 0.15) is 21.5 Å². The van der Waals surface area contributed by atoms with Crippen LogP contribution >= 0.6 is 0 Å². The molecule has 0 atom stereocenters. The zero-order chi connectivity index (χ0) is 18.4. The average molecular weight is 343 g/mol. The maximum atomic E-state index is 12.1. The van der Waals surface area contributed by atoms with Gasteiger partial charge in [-0.1, -0.05) is 12.1 Å². The minimum Gasteiger partial charge on any atom is -0.497 e. The molecule has 0 aliphatic rings. The lowest BCUT2D eigenvalue weighted by atomic mass is 10.1. The molecular formula is C19H21NO5. The van der Waals surface area contributed by atoms with E-state index < -0.39 is 11.9 Å². The maximum Gasteiger partial charge on any atom is 0.338 e. The second kappa shape index (κ2) is 8.19. The van der Waals surface area contributed by atoms with Crippen molar-refractivity contribution in [2.24, 2.45) is 0 Å². The highest BCUT2D eigenvalue weighted by atomic mass is 16.5. The molecule has 2 aromatic rings. The van der Waals surface area contributed by atoms with Gasteiger partial charge in [0.05, 0.1) is 19.8 Å². The van der Waals surface area contributed by atoms with E-state index in [0.29, 0.717) is 17.2 Å². The van der Waals surface area contributed by atoms with Crippen LogP contribution in [-0.4, -0.2) is 32.7 Å². The Morgan fingerprint density at radius 3 is 2.24 bits per heavy atom. The second-order valence-electron chi connectivity index (χ2n) is 5.47. The van der Waals surface area contributed by atoms with E-state index >= 15 is 0 Å². The summed E-state index contributed by atoms with van der Waals surface area (Å²) < 4.78 is 15.3. The van der Waals surface area contributed by atoms with E-state index in [9.17, 15) is 9.59 Å². The number of hydrogen-bond acceptors (Lipinski definition) is 5. The van der Waals surface area contributed by atoms with Crippen molar-refractivity contribution in [3.8, 4) is 11.5 Å². The molecule has 6 heteroatoms. The van der Waals surface area contributed by atoms with Crippen LogP contribution in [0.15, 0.2) is 36.4 Å². The van der Waals surface area contributed by atoms with Gasteiger partial charge in [-0.3, -0.25) is 4.79 Å². The molecule has 0 saturated heterocycles. The van der Waals surface area contributed by atoms with Gasteiger partial charge in [0.25, 0.3) is 5.91 Å². The van der Waals surface area contributed by atoms with Crippen LogP contribution in [0.5, 0.6) is 11.5 Å². The summed E-state index contributed by atoms with van der Waals surface area (Å²) in [6.07, 6.45) is 0. The highest BCUT2D eigenvalue weighted by Gasteiger charge is 2.14. The number of benzene rings is 2. The quantitative estimate of drug-likeness (QED) is 0.816. The van der Waals surface area contributed by atoms with Gasteiger partial charge in [-0.15, -0.1) is 0 Å². The van der Waals surface area contributed by atoms with Crippen molar-refractivity contribution in [1.29, 1.82) is 0 Å². The predicted molar refractivity (Wildman–Crippen MR) is 94.4 cm³/mol. The summed E-state index contributed by atoms with van der Waals surface area (Å²) >= 11 is 0. The number of aryl methyl sites for hydroxylation is 1. The van der Waals surface area contributed by atoms with Crippen molar-refractivity contribution in [2.45, 2.75) is 13.8 Å². The fraction of sp³-hybridized carbons (Fsp3) is 0.263. The molecule has 0 aromatic heterocycles. The third-order valence-electron chi connectivity index (χ3n) is 3.80. The summed E-state index contributed by atoms with van der Waals surface area (Å²) in [7, 11) is 2.98. The monoisotopic (exact) mass is 343 g/mol. The molecule has 0 heterocycles. The second-order valence-corrected chi connectivity index (χ2v) is 5.47. The smallest absolute Gasteiger partial charge is 0.338 e. The van der Waals surface area contributed by atoms with Gasteiger partial charge in [0.15, 0.2) is 6.61 Å². The number of esters is 1. The van der Waals surface area contributed by atoms with Crippen LogP contribution in [-0.2, 0) is 9.53 Å². The van der Waals surface area contributed by atoms with E-state index in [1.54, 1.807) is 12.1 Å². The lowest BCUT2D eigenvalue weighted by Gasteiger charge is -2.11. The molecule has 2 rings (SSSR count). The topological polar surface area (TPSA) is 73.9 Å². The van der Waals surface area contributed by atoms with Crippen molar-refractivity contribution >= 4 is 17.6 Å². The number of amides is 1. The van der Waals surface area contributed by atoms with Crippen LogP contribution in [0.25, 0.3) is 0 Å². The van der Waals surface area contributed by atoms with Crippen LogP contribution in [0, 0.1) is 13.8 Å². The average Bonchev–Trinajstić information content (AvgIpc) is 2.63. The normalized spacial score (nSPS) is 10.1. The third-order valence-corrected chi connectivity index (χ3v) is 3.80. The minimum atomic E-state index is -0.631. The van der Waals surface area contributed by atoms with Crippen LogP contribution in [0.2, 0.25) is 0 Å². The number of carbonyl (C=O) groups excluding carboxylic acids is 2. The molecule has 0 saturated carbocycles. The Balaban J connectivity index is 2.00. The Morgan fingerprint density at radius 2 is 1.64 bits per heavy atom. The molecule has 2 aromatic carbocycles. The molecule has 1 amide bonds. The first-order chi connectivity index (χ1) is 11.9. The summed E-state index contributed by atoms with van der Waals surface area (Å²) in [5.74, 6) is -0.109. The van der Waals surface area contributed by atoms with E-state index in [4.69, 9.17) is 14.2 Å². The fourth-order valence-electron chi connectivity index (χ4n) is 2.21. The van der Waals surface area contributed by atoms with Gasteiger partial charge in [-0.05, 0) is 43.2 Å². The molecule has 132 valence electrons. The van der Waals surface area contributed by atoms with E-state index in [2.05, 4.69) is 5.32 Å². The zero-order valence-corrected chi connectivity index (χ0v) is 14.7. The highest BCUT2D eigenvalue weighted by molar-refractivity contribution is 5.96. The Labute approximate surface area is 146 Å². The number of ether oxygens (including phenoxy) is 3. The SMILES string of the molecule is COc1cc(OC)cc(C(=O)OCC(=O)Nc2cccc(C)c2C)c1. The van der Waals surface area contributed by atoms with E-state index in [-0.39, 0.29) is 12.2 Å². The van der Waals surface area contributed by atoms with E-state index in [0.717, 1.165) is 11.1 Å². The molecule has 0 aliphatic heterocycles. The third kappa shape index (κ3) is 4.73. The zero-order valence-electron chi connectivity index (χ0n) is 14.7. The first-order valence-electron chi connectivity index (χ1n) is 7.71. The Hall–Kier alpha value is -3.02. The molecule has 25 heavy (non-hydrogen) atoms. The minimum absolute atomic E-state index is 0.246. The number of carbonyl (C=O) groups is 2. The number of nitrogens with one attached hydrogen (secondary N) is 1. The Morgan fingerprint density at radius 1 is 1.00 bits per heavy atom. The summed E-state index contributed by atoms with van der Waals surface area (Å²) in [5, 5.41) is 2.74. The van der Waals surface area contributed by atoms with Crippen molar-refractivity contribution < 1.29 is 23.8 Å². The predicted octanol–water partition coefficient (Wildman–Crippen LogP) is 3.12. The number of hydrogen-bond donors (Lipinski definition) is 1. The first-order valence-corrected chi connectivity index (χ1v) is 7.71. The number of rotatable bonds is 6. The van der Waals surface area contributed by atoms with Gasteiger partial charge in [0.1, 0.15) is 11.5 Å². The lowest BCUT2D eigenvalue weighted by Crippen LogP contribution is -2.21. The van der Waals surface area contributed by atoms with Crippen LogP contribution < -0.4 is 14.8 Å². The van der Waals surface area contributed by atoms with Gasteiger partial charge >= 0.3 is 5.97 Å². The largest absolute Gasteiger partial charge is 0.497 e. The molecule has 1 N–H and O–H groups in total. The van der Waals surface area contributed by atoms with E-state index in [1.165, 1.54) is 26.4 Å². The fourth-order valence-corrected chi connectivity index (χ4v) is 2.21. The van der Waals surface area contributed by atoms with Gasteiger partial charge in [-0.2, -0.15) is 0 Å². The molecule has 0 fully saturated rings. The Kier molecular flexibility index (Phi) is 6.00. The summed E-state index contributed by atoms with van der Waals surface area (Å²) in [5.41, 5.74) is 2.98. The Bertz CT molecular complexity index is 763. The molecule has 0 bridgehead atoms. The van der Waals surface area contributed by atoms with Gasteiger partial charge in [-0.25, -0.2) is 4.79 Å². The van der Waals surface area contributed by atoms with Crippen molar-refractivity contribution in [3.63, 3.8) is 0 Å². The highest BCUT2D eigenvalue weighted by Crippen LogP contribution is 2.23.